The minimum Gasteiger partial charge on any atom is -0.497 e. The van der Waals surface area contributed by atoms with Gasteiger partial charge in [-0.1, -0.05) is 18.2 Å². The minimum atomic E-state index is -0.762. The molecule has 4 nitrogen and oxygen atoms in total. The Morgan fingerprint density at radius 1 is 1.04 bits per heavy atom. The van der Waals surface area contributed by atoms with E-state index < -0.39 is 24.3 Å². The van der Waals surface area contributed by atoms with Gasteiger partial charge in [0.2, 0.25) is 5.95 Å². The number of methoxy groups -OCH3 is 1. The first-order valence-corrected chi connectivity index (χ1v) is 7.90. The zero-order valence-corrected chi connectivity index (χ0v) is 14.6. The number of hydrogen-bond donors (Lipinski definition) is 0. The van der Waals surface area contributed by atoms with Crippen LogP contribution in [0.15, 0.2) is 36.4 Å². The zero-order valence-electron chi connectivity index (χ0n) is 14.6. The molecule has 1 aliphatic rings. The highest BCUT2D eigenvalue weighted by atomic mass is 19.1. The normalized spacial score (nSPS) is 18.7. The molecule has 0 aliphatic carbocycles. The van der Waals surface area contributed by atoms with Gasteiger partial charge in [0, 0.05) is 11.0 Å². The molecule has 3 rings (SSSR count). The van der Waals surface area contributed by atoms with Crippen molar-refractivity contribution in [2.24, 2.45) is 0 Å². The lowest BCUT2D eigenvalue weighted by Gasteiger charge is -2.32. The Hall–Kier alpha value is -1.92. The molecule has 2 heterocycles. The molecular weight excluding hydrogens is 308 g/mol. The van der Waals surface area contributed by atoms with Crippen LogP contribution in [0.3, 0.4) is 0 Å². The fourth-order valence-electron chi connectivity index (χ4n) is 2.53. The first kappa shape index (κ1) is 16.9. The lowest BCUT2D eigenvalue weighted by Crippen LogP contribution is -2.41. The van der Waals surface area contributed by atoms with Crippen LogP contribution in [0, 0.1) is 5.95 Å². The van der Waals surface area contributed by atoms with E-state index in [4.69, 9.17) is 14.0 Å². The van der Waals surface area contributed by atoms with Gasteiger partial charge < -0.3 is 14.0 Å². The third-order valence-electron chi connectivity index (χ3n) is 4.75. The summed E-state index contributed by atoms with van der Waals surface area (Å²) < 4.78 is 31.5. The fourth-order valence-corrected chi connectivity index (χ4v) is 2.53. The molecule has 24 heavy (non-hydrogen) atoms. The molecule has 0 radical (unpaired) electrons. The van der Waals surface area contributed by atoms with Crippen molar-refractivity contribution < 1.29 is 18.4 Å². The molecule has 0 atom stereocenters. The van der Waals surface area contributed by atoms with Crippen LogP contribution in [-0.4, -0.2) is 30.4 Å². The molecule has 1 aromatic heterocycles. The molecule has 0 saturated carbocycles. The quantitative estimate of drug-likeness (QED) is 0.640. The van der Waals surface area contributed by atoms with E-state index in [9.17, 15) is 4.39 Å². The van der Waals surface area contributed by atoms with Crippen LogP contribution in [-0.2, 0) is 9.31 Å². The van der Waals surface area contributed by atoms with Gasteiger partial charge in [-0.3, -0.25) is 0 Å². The molecule has 6 heteroatoms. The summed E-state index contributed by atoms with van der Waals surface area (Å²) in [7, 11) is 0.830. The predicted molar refractivity (Wildman–Crippen MR) is 91.9 cm³/mol. The highest BCUT2D eigenvalue weighted by molar-refractivity contribution is 6.62. The van der Waals surface area contributed by atoms with Crippen LogP contribution >= 0.6 is 0 Å². The lowest BCUT2D eigenvalue weighted by atomic mass is 9.80. The second-order valence-electron chi connectivity index (χ2n) is 6.90. The average molecular weight is 329 g/mol. The van der Waals surface area contributed by atoms with Gasteiger partial charge in [-0.2, -0.15) is 4.39 Å². The molecule has 126 valence electrons. The van der Waals surface area contributed by atoms with E-state index in [0.29, 0.717) is 16.9 Å². The number of pyridine rings is 1. The molecule has 1 fully saturated rings. The molecule has 0 bridgehead atoms. The average Bonchev–Trinajstić information content (AvgIpc) is 2.75. The summed E-state index contributed by atoms with van der Waals surface area (Å²) in [5.74, 6) is 0.110. The summed E-state index contributed by atoms with van der Waals surface area (Å²) in [5, 5.41) is 0. The van der Waals surface area contributed by atoms with Crippen molar-refractivity contribution in [3.05, 3.63) is 42.3 Å². The number of benzene rings is 1. The van der Waals surface area contributed by atoms with Crippen molar-refractivity contribution in [3.63, 3.8) is 0 Å². The van der Waals surface area contributed by atoms with Gasteiger partial charge in [0.15, 0.2) is 0 Å². The maximum Gasteiger partial charge on any atom is 0.499 e. The number of hydrogen-bond acceptors (Lipinski definition) is 4. The Morgan fingerprint density at radius 3 is 2.29 bits per heavy atom. The van der Waals surface area contributed by atoms with Crippen LogP contribution in [0.4, 0.5) is 4.39 Å². The van der Waals surface area contributed by atoms with E-state index in [1.165, 1.54) is 0 Å². The van der Waals surface area contributed by atoms with Crippen molar-refractivity contribution in [3.8, 4) is 17.0 Å². The van der Waals surface area contributed by atoms with Crippen molar-refractivity contribution >= 4 is 12.6 Å². The van der Waals surface area contributed by atoms with Crippen molar-refractivity contribution in [1.29, 1.82) is 0 Å². The molecule has 1 aromatic carbocycles. The summed E-state index contributed by atoms with van der Waals surface area (Å²) >= 11 is 0. The minimum absolute atomic E-state index is 0.306. The van der Waals surface area contributed by atoms with Crippen molar-refractivity contribution in [1.82, 2.24) is 4.98 Å². The van der Waals surface area contributed by atoms with Gasteiger partial charge in [-0.15, -0.1) is 0 Å². The number of halogens is 1. The number of rotatable bonds is 3. The van der Waals surface area contributed by atoms with Crippen LogP contribution in [0.2, 0.25) is 0 Å². The highest BCUT2D eigenvalue weighted by Crippen LogP contribution is 2.36. The molecule has 0 unspecified atom stereocenters. The van der Waals surface area contributed by atoms with E-state index in [2.05, 4.69) is 4.98 Å². The number of aromatic nitrogens is 1. The number of nitrogens with zero attached hydrogens (tertiary/aromatic N) is 1. The van der Waals surface area contributed by atoms with Gasteiger partial charge in [0.05, 0.1) is 24.0 Å². The van der Waals surface area contributed by atoms with E-state index in [-0.39, 0.29) is 0 Å². The number of ether oxygens (including phenoxy) is 1. The van der Waals surface area contributed by atoms with E-state index in [1.807, 2.05) is 52.0 Å². The van der Waals surface area contributed by atoms with Crippen LogP contribution < -0.4 is 10.2 Å². The second kappa shape index (κ2) is 5.86. The molecule has 0 spiro atoms. The Bertz CT molecular complexity index is 748. The van der Waals surface area contributed by atoms with E-state index in [0.717, 1.165) is 5.56 Å². The second-order valence-corrected chi connectivity index (χ2v) is 6.90. The summed E-state index contributed by atoms with van der Waals surface area (Å²) in [4.78, 5) is 4.08. The van der Waals surface area contributed by atoms with Crippen LogP contribution in [0.1, 0.15) is 27.7 Å². The molecule has 1 saturated heterocycles. The Balaban J connectivity index is 1.91. The maximum absolute atomic E-state index is 14.6. The topological polar surface area (TPSA) is 40.6 Å². The Morgan fingerprint density at radius 2 is 1.71 bits per heavy atom. The summed E-state index contributed by atoms with van der Waals surface area (Å²) in [6, 6.07) is 10.8. The SMILES string of the molecule is COc1cccc(-c2ccc(B3OC(C)(C)C(C)(C)O3)c(F)n2)c1. The predicted octanol–water partition coefficient (Wildman–Crippen LogP) is 3.20. The maximum atomic E-state index is 14.6. The third kappa shape index (κ3) is 2.92. The van der Waals surface area contributed by atoms with Gasteiger partial charge in [0.25, 0.3) is 0 Å². The summed E-state index contributed by atoms with van der Waals surface area (Å²) in [6.07, 6.45) is 0. The van der Waals surface area contributed by atoms with E-state index >= 15 is 0 Å². The molecule has 0 amide bonds. The highest BCUT2D eigenvalue weighted by Gasteiger charge is 2.52. The van der Waals surface area contributed by atoms with Gasteiger partial charge in [0.1, 0.15) is 5.75 Å². The monoisotopic (exact) mass is 329 g/mol. The van der Waals surface area contributed by atoms with Gasteiger partial charge >= 0.3 is 7.12 Å². The first-order valence-electron chi connectivity index (χ1n) is 7.90. The van der Waals surface area contributed by atoms with Crippen molar-refractivity contribution in [2.75, 3.05) is 7.11 Å². The lowest BCUT2D eigenvalue weighted by molar-refractivity contribution is 0.00578. The zero-order chi connectivity index (χ0) is 17.5. The van der Waals surface area contributed by atoms with E-state index in [1.54, 1.807) is 19.2 Å². The summed E-state index contributed by atoms with van der Waals surface area (Å²) in [6.45, 7) is 7.73. The fraction of sp³-hybridized carbons (Fsp3) is 0.389. The van der Waals surface area contributed by atoms with Crippen LogP contribution in [0.5, 0.6) is 5.75 Å². The molecule has 1 aliphatic heterocycles. The third-order valence-corrected chi connectivity index (χ3v) is 4.75. The van der Waals surface area contributed by atoms with Crippen LogP contribution in [0.25, 0.3) is 11.3 Å². The molecular formula is C18H21BFNO3. The van der Waals surface area contributed by atoms with Crippen molar-refractivity contribution in [2.45, 2.75) is 38.9 Å². The largest absolute Gasteiger partial charge is 0.499 e. The van der Waals surface area contributed by atoms with Gasteiger partial charge in [-0.05, 0) is 45.9 Å². The molecule has 2 aromatic rings. The Labute approximate surface area is 142 Å². The standard InChI is InChI=1S/C18H21BFNO3/c1-17(2)18(3,4)24-19(23-17)14-9-10-15(21-16(14)20)12-7-6-8-13(11-12)22-5/h6-11H,1-5H3. The molecule has 0 N–H and O–H groups in total. The smallest absolute Gasteiger partial charge is 0.497 e. The first-order chi connectivity index (χ1) is 11.2. The Kier molecular flexibility index (Phi) is 4.14. The summed E-state index contributed by atoms with van der Waals surface area (Å²) in [5.41, 5.74) is 0.589. The van der Waals surface area contributed by atoms with Gasteiger partial charge in [-0.25, -0.2) is 4.98 Å².